The van der Waals surface area contributed by atoms with Gasteiger partial charge in [0, 0.05) is 35.8 Å². The third-order valence-corrected chi connectivity index (χ3v) is 4.72. The van der Waals surface area contributed by atoms with Gasteiger partial charge < -0.3 is 9.30 Å². The maximum absolute atomic E-state index is 6.05. The first-order valence-corrected chi connectivity index (χ1v) is 9.70. The molecule has 0 aliphatic heterocycles. The molecule has 3 nitrogen and oxygen atoms in total. The highest BCUT2D eigenvalue weighted by Crippen LogP contribution is 2.24. The van der Waals surface area contributed by atoms with E-state index >= 15 is 0 Å². The van der Waals surface area contributed by atoms with Crippen LogP contribution in [0.1, 0.15) is 51.2 Å². The minimum Gasteiger partial charge on any atom is -0.489 e. The van der Waals surface area contributed by atoms with Crippen LogP contribution in [0, 0.1) is 17.8 Å². The Bertz CT molecular complexity index is 942. The molecule has 0 saturated carbocycles. The third kappa shape index (κ3) is 4.52. The maximum atomic E-state index is 6.05. The minimum absolute atomic E-state index is 0.296. The number of ether oxygens (including phenoxy) is 1. The first-order valence-electron chi connectivity index (χ1n) is 9.70. The van der Waals surface area contributed by atoms with Gasteiger partial charge in [0.25, 0.3) is 0 Å². The number of pyridine rings is 1. The summed E-state index contributed by atoms with van der Waals surface area (Å²) in [6.07, 6.45) is 5.01. The van der Waals surface area contributed by atoms with Crippen molar-refractivity contribution in [1.29, 1.82) is 0 Å². The zero-order chi connectivity index (χ0) is 19.2. The summed E-state index contributed by atoms with van der Waals surface area (Å²) >= 11 is 0. The summed E-state index contributed by atoms with van der Waals surface area (Å²) in [4.78, 5) is 4.56. The van der Waals surface area contributed by atoms with Crippen molar-refractivity contribution < 1.29 is 4.74 Å². The zero-order valence-electron chi connectivity index (χ0n) is 16.7. The lowest BCUT2D eigenvalue weighted by Gasteiger charge is -2.11. The first kappa shape index (κ1) is 19.0. The molecule has 0 spiro atoms. The van der Waals surface area contributed by atoms with Crippen molar-refractivity contribution in [3.05, 3.63) is 59.9 Å². The van der Waals surface area contributed by atoms with Crippen LogP contribution in [0.5, 0.6) is 5.75 Å². The normalized spacial score (nSPS) is 12.0. The quantitative estimate of drug-likeness (QED) is 0.499. The Morgan fingerprint density at radius 1 is 1.11 bits per heavy atom. The van der Waals surface area contributed by atoms with E-state index in [1.165, 1.54) is 10.9 Å². The summed E-state index contributed by atoms with van der Waals surface area (Å²) in [7, 11) is 0. The molecule has 0 amide bonds. The predicted octanol–water partition coefficient (Wildman–Crippen LogP) is 5.79. The van der Waals surface area contributed by atoms with Gasteiger partial charge in [-0.05, 0) is 49.1 Å². The molecule has 1 aromatic carbocycles. The Labute approximate surface area is 162 Å². The second-order valence-corrected chi connectivity index (χ2v) is 7.28. The molecule has 1 atom stereocenters. The van der Waals surface area contributed by atoms with Gasteiger partial charge in [-0.3, -0.25) is 0 Å². The van der Waals surface area contributed by atoms with Gasteiger partial charge in [-0.1, -0.05) is 38.8 Å². The first-order chi connectivity index (χ1) is 13.1. The Hall–Kier alpha value is -2.73. The molecule has 0 fully saturated rings. The zero-order valence-corrected chi connectivity index (χ0v) is 16.7. The SMILES string of the molecule is CC#C[C@@H](CC)c1ccc(OCc2ccnc3c2ccn3CC(C)C)cc1. The van der Waals surface area contributed by atoms with E-state index in [4.69, 9.17) is 4.74 Å². The molecule has 0 unspecified atom stereocenters. The van der Waals surface area contributed by atoms with Crippen molar-refractivity contribution in [2.75, 3.05) is 0 Å². The van der Waals surface area contributed by atoms with Gasteiger partial charge >= 0.3 is 0 Å². The van der Waals surface area contributed by atoms with Gasteiger partial charge in [-0.15, -0.1) is 5.92 Å². The molecule has 3 heteroatoms. The van der Waals surface area contributed by atoms with Crippen LogP contribution in [0.2, 0.25) is 0 Å². The fraction of sp³-hybridized carbons (Fsp3) is 0.375. The number of aromatic nitrogens is 2. The third-order valence-electron chi connectivity index (χ3n) is 4.72. The minimum atomic E-state index is 0.296. The van der Waals surface area contributed by atoms with Crippen molar-refractivity contribution in [2.45, 2.75) is 53.2 Å². The van der Waals surface area contributed by atoms with E-state index in [0.717, 1.165) is 29.9 Å². The Morgan fingerprint density at radius 3 is 2.56 bits per heavy atom. The van der Waals surface area contributed by atoms with Gasteiger partial charge in [-0.2, -0.15) is 0 Å². The summed E-state index contributed by atoms with van der Waals surface area (Å²) < 4.78 is 8.27. The molecule has 2 heterocycles. The number of hydrogen-bond donors (Lipinski definition) is 0. The summed E-state index contributed by atoms with van der Waals surface area (Å²) in [5.41, 5.74) is 3.44. The highest BCUT2D eigenvalue weighted by atomic mass is 16.5. The summed E-state index contributed by atoms with van der Waals surface area (Å²) in [6, 6.07) is 12.5. The standard InChI is InChI=1S/C24H28N2O/c1-5-7-19(6-2)20-8-10-22(11-9-20)27-17-21-12-14-25-24-23(21)13-15-26(24)16-18(3)4/h8-15,18-19H,6,16-17H2,1-4H3/t19-/m1/s1. The largest absolute Gasteiger partial charge is 0.489 e. The molecule has 0 radical (unpaired) electrons. The second kappa shape index (κ2) is 8.77. The highest BCUT2D eigenvalue weighted by Gasteiger charge is 2.09. The molecular weight excluding hydrogens is 332 g/mol. The van der Waals surface area contributed by atoms with Gasteiger partial charge in [0.2, 0.25) is 0 Å². The van der Waals surface area contributed by atoms with E-state index in [9.17, 15) is 0 Å². The van der Waals surface area contributed by atoms with E-state index in [2.05, 4.69) is 66.6 Å². The lowest BCUT2D eigenvalue weighted by molar-refractivity contribution is 0.307. The average molecular weight is 361 g/mol. The van der Waals surface area contributed by atoms with Crippen LogP contribution in [0.15, 0.2) is 48.8 Å². The molecule has 3 aromatic rings. The summed E-state index contributed by atoms with van der Waals surface area (Å²) in [5.74, 6) is 8.04. The van der Waals surface area contributed by atoms with E-state index in [1.807, 2.05) is 31.3 Å². The Balaban J connectivity index is 1.73. The van der Waals surface area contributed by atoms with Crippen molar-refractivity contribution >= 4 is 11.0 Å². The lowest BCUT2D eigenvalue weighted by atomic mass is 9.97. The fourth-order valence-corrected chi connectivity index (χ4v) is 3.37. The molecule has 0 aliphatic rings. The topological polar surface area (TPSA) is 27.1 Å². The van der Waals surface area contributed by atoms with Crippen LogP contribution >= 0.6 is 0 Å². The van der Waals surface area contributed by atoms with Crippen LogP contribution in [0.3, 0.4) is 0 Å². The number of rotatable bonds is 7. The van der Waals surface area contributed by atoms with Crippen LogP contribution in [0.25, 0.3) is 11.0 Å². The van der Waals surface area contributed by atoms with Crippen LogP contribution in [-0.2, 0) is 13.2 Å². The molecule has 3 rings (SSSR count). The van der Waals surface area contributed by atoms with Crippen molar-refractivity contribution in [3.63, 3.8) is 0 Å². The Morgan fingerprint density at radius 2 is 1.89 bits per heavy atom. The van der Waals surface area contributed by atoms with Crippen LogP contribution in [0.4, 0.5) is 0 Å². The summed E-state index contributed by atoms with van der Waals surface area (Å²) in [6.45, 7) is 10.0. The van der Waals surface area contributed by atoms with Crippen LogP contribution < -0.4 is 4.74 Å². The van der Waals surface area contributed by atoms with Crippen molar-refractivity contribution in [2.24, 2.45) is 5.92 Å². The monoisotopic (exact) mass is 360 g/mol. The molecule has 0 N–H and O–H groups in total. The van der Waals surface area contributed by atoms with Gasteiger partial charge in [0.05, 0.1) is 0 Å². The van der Waals surface area contributed by atoms with E-state index in [0.29, 0.717) is 18.4 Å². The van der Waals surface area contributed by atoms with E-state index in [-0.39, 0.29) is 0 Å². The lowest BCUT2D eigenvalue weighted by Crippen LogP contribution is -2.04. The van der Waals surface area contributed by atoms with E-state index in [1.54, 1.807) is 0 Å². The fourth-order valence-electron chi connectivity index (χ4n) is 3.37. The Kier molecular flexibility index (Phi) is 6.19. The molecule has 2 aromatic heterocycles. The second-order valence-electron chi connectivity index (χ2n) is 7.28. The molecule has 140 valence electrons. The molecule has 0 bridgehead atoms. The summed E-state index contributed by atoms with van der Waals surface area (Å²) in [5, 5.41) is 1.17. The van der Waals surface area contributed by atoms with Crippen molar-refractivity contribution in [1.82, 2.24) is 9.55 Å². The van der Waals surface area contributed by atoms with Gasteiger partial charge in [-0.25, -0.2) is 4.98 Å². The average Bonchev–Trinajstić information content (AvgIpc) is 3.08. The smallest absolute Gasteiger partial charge is 0.140 e. The number of hydrogen-bond acceptors (Lipinski definition) is 2. The number of benzene rings is 1. The van der Waals surface area contributed by atoms with Gasteiger partial charge in [0.1, 0.15) is 18.0 Å². The molecule has 0 aliphatic carbocycles. The maximum Gasteiger partial charge on any atom is 0.140 e. The molecule has 27 heavy (non-hydrogen) atoms. The van der Waals surface area contributed by atoms with Crippen LogP contribution in [-0.4, -0.2) is 9.55 Å². The van der Waals surface area contributed by atoms with E-state index < -0.39 is 0 Å². The van der Waals surface area contributed by atoms with Crippen molar-refractivity contribution in [3.8, 4) is 17.6 Å². The molecule has 0 saturated heterocycles. The highest BCUT2D eigenvalue weighted by molar-refractivity contribution is 5.79. The number of nitrogens with zero attached hydrogens (tertiary/aromatic N) is 2. The molecular formula is C24H28N2O. The van der Waals surface area contributed by atoms with Gasteiger partial charge in [0.15, 0.2) is 0 Å². The number of fused-ring (bicyclic) bond motifs is 1. The predicted molar refractivity (Wildman–Crippen MR) is 112 cm³/mol.